The number of hydrazine groups is 1. The molecule has 0 saturated heterocycles. The summed E-state index contributed by atoms with van der Waals surface area (Å²) < 4.78 is 0. The third kappa shape index (κ3) is 2.87. The van der Waals surface area contributed by atoms with Gasteiger partial charge in [-0.2, -0.15) is 0 Å². The van der Waals surface area contributed by atoms with Crippen LogP contribution >= 0.6 is 11.6 Å². The van der Waals surface area contributed by atoms with Crippen LogP contribution in [0, 0.1) is 0 Å². The monoisotopic (exact) mass is 292 g/mol. The van der Waals surface area contributed by atoms with Crippen LogP contribution in [-0.4, -0.2) is 24.1 Å². The maximum atomic E-state index is 6.26. The molecule has 2 atom stereocenters. The second kappa shape index (κ2) is 6.19. The lowest BCUT2D eigenvalue weighted by Gasteiger charge is -2.30. The van der Waals surface area contributed by atoms with Gasteiger partial charge in [-0.1, -0.05) is 37.9 Å². The molecule has 20 heavy (non-hydrogen) atoms. The van der Waals surface area contributed by atoms with Crippen molar-refractivity contribution in [3.8, 4) is 0 Å². The van der Waals surface area contributed by atoms with E-state index in [0.29, 0.717) is 12.0 Å². The molecule has 0 fully saturated rings. The molecule has 2 rings (SSSR count). The van der Waals surface area contributed by atoms with Gasteiger partial charge < -0.3 is 5.01 Å². The quantitative estimate of drug-likeness (QED) is 0.772. The van der Waals surface area contributed by atoms with Crippen molar-refractivity contribution in [1.29, 1.82) is 0 Å². The van der Waals surface area contributed by atoms with Crippen LogP contribution in [0.15, 0.2) is 30.0 Å². The maximum absolute atomic E-state index is 6.26. The molecule has 1 aromatic carbocycles. The molecule has 0 aromatic heterocycles. The Balaban J connectivity index is 2.45. The molecule has 0 amide bonds. The standard InChI is InChI=1S/C17H25ClN2/c1-6-7-12(2)15-9-8-14(18)10-16(15)17-13(3)11-19(4)20(17)5/h8-12,17H,6-7H2,1-5H3. The molecule has 3 heteroatoms. The fourth-order valence-corrected chi connectivity index (χ4v) is 3.38. The van der Waals surface area contributed by atoms with E-state index >= 15 is 0 Å². The summed E-state index contributed by atoms with van der Waals surface area (Å²) in [6.45, 7) is 6.75. The maximum Gasteiger partial charge on any atom is 0.0767 e. The summed E-state index contributed by atoms with van der Waals surface area (Å²) in [7, 11) is 4.22. The molecule has 1 heterocycles. The highest BCUT2D eigenvalue weighted by atomic mass is 35.5. The van der Waals surface area contributed by atoms with E-state index in [9.17, 15) is 0 Å². The Morgan fingerprint density at radius 3 is 2.55 bits per heavy atom. The number of benzene rings is 1. The van der Waals surface area contributed by atoms with Gasteiger partial charge in [-0.25, -0.2) is 5.01 Å². The Morgan fingerprint density at radius 1 is 1.30 bits per heavy atom. The van der Waals surface area contributed by atoms with Crippen molar-refractivity contribution >= 4 is 11.6 Å². The first-order valence-corrected chi connectivity index (χ1v) is 7.76. The molecule has 110 valence electrons. The average Bonchev–Trinajstić information content (AvgIpc) is 2.63. The predicted octanol–water partition coefficient (Wildman–Crippen LogP) is 4.98. The van der Waals surface area contributed by atoms with Crippen molar-refractivity contribution in [2.75, 3.05) is 14.1 Å². The van der Waals surface area contributed by atoms with Gasteiger partial charge in [-0.3, -0.25) is 0 Å². The number of rotatable bonds is 4. The molecule has 1 aliphatic rings. The van der Waals surface area contributed by atoms with Crippen molar-refractivity contribution < 1.29 is 0 Å². The van der Waals surface area contributed by atoms with Gasteiger partial charge in [0.2, 0.25) is 0 Å². The summed E-state index contributed by atoms with van der Waals surface area (Å²) in [5.74, 6) is 0.569. The molecule has 1 aliphatic heterocycles. The van der Waals surface area contributed by atoms with Crippen LogP contribution in [0.3, 0.4) is 0 Å². The van der Waals surface area contributed by atoms with Crippen LogP contribution in [0.1, 0.15) is 56.7 Å². The Bertz CT molecular complexity index is 510. The fraction of sp³-hybridized carbons (Fsp3) is 0.529. The van der Waals surface area contributed by atoms with Crippen molar-refractivity contribution in [2.24, 2.45) is 0 Å². The first kappa shape index (κ1) is 15.4. The number of likely N-dealkylation sites (N-methyl/N-ethyl adjacent to an activating group) is 1. The topological polar surface area (TPSA) is 6.48 Å². The lowest BCUT2D eigenvalue weighted by atomic mass is 9.87. The van der Waals surface area contributed by atoms with Crippen LogP contribution in [0.2, 0.25) is 5.02 Å². The summed E-state index contributed by atoms with van der Waals surface area (Å²) in [5, 5.41) is 5.24. The number of hydrogen-bond acceptors (Lipinski definition) is 2. The highest BCUT2D eigenvalue weighted by Gasteiger charge is 2.29. The summed E-state index contributed by atoms with van der Waals surface area (Å²) in [4.78, 5) is 0. The molecule has 0 aliphatic carbocycles. The first-order chi connectivity index (χ1) is 9.45. The predicted molar refractivity (Wildman–Crippen MR) is 86.8 cm³/mol. The van der Waals surface area contributed by atoms with Gasteiger partial charge in [0, 0.05) is 25.3 Å². The summed E-state index contributed by atoms with van der Waals surface area (Å²) >= 11 is 6.26. The Hall–Kier alpha value is -0.990. The molecular weight excluding hydrogens is 268 g/mol. The van der Waals surface area contributed by atoms with E-state index in [4.69, 9.17) is 11.6 Å². The van der Waals surface area contributed by atoms with Crippen molar-refractivity contribution in [2.45, 2.75) is 45.6 Å². The Morgan fingerprint density at radius 2 is 2.00 bits per heavy atom. The van der Waals surface area contributed by atoms with Gasteiger partial charge >= 0.3 is 0 Å². The zero-order valence-corrected chi connectivity index (χ0v) is 13.9. The van der Waals surface area contributed by atoms with E-state index in [1.54, 1.807) is 0 Å². The van der Waals surface area contributed by atoms with Gasteiger partial charge in [-0.05, 0) is 48.1 Å². The van der Waals surface area contributed by atoms with Gasteiger partial charge in [0.15, 0.2) is 0 Å². The van der Waals surface area contributed by atoms with E-state index in [1.165, 1.54) is 29.5 Å². The number of halogens is 1. The minimum Gasteiger partial charge on any atom is -0.315 e. The third-order valence-corrected chi connectivity index (χ3v) is 4.52. The first-order valence-electron chi connectivity index (χ1n) is 7.39. The van der Waals surface area contributed by atoms with Crippen molar-refractivity contribution in [1.82, 2.24) is 10.0 Å². The highest BCUT2D eigenvalue weighted by Crippen LogP contribution is 2.39. The average molecular weight is 293 g/mol. The van der Waals surface area contributed by atoms with Gasteiger partial charge in [0.25, 0.3) is 0 Å². The van der Waals surface area contributed by atoms with Gasteiger partial charge in [0.1, 0.15) is 0 Å². The SMILES string of the molecule is CCCC(C)c1ccc(Cl)cc1C1C(C)=CN(C)N1C. The molecule has 0 radical (unpaired) electrons. The van der Waals surface area contributed by atoms with Crippen molar-refractivity contribution in [3.63, 3.8) is 0 Å². The minimum absolute atomic E-state index is 0.299. The normalized spacial score (nSPS) is 21.2. The number of hydrogen-bond donors (Lipinski definition) is 0. The van der Waals surface area contributed by atoms with Gasteiger partial charge in [-0.15, -0.1) is 0 Å². The van der Waals surface area contributed by atoms with E-state index in [0.717, 1.165) is 5.02 Å². The lowest BCUT2D eigenvalue weighted by Crippen LogP contribution is -2.31. The lowest BCUT2D eigenvalue weighted by molar-refractivity contribution is 0.0713. The van der Waals surface area contributed by atoms with E-state index in [-0.39, 0.29) is 0 Å². The van der Waals surface area contributed by atoms with Crippen LogP contribution in [-0.2, 0) is 0 Å². The Kier molecular flexibility index (Phi) is 4.77. The Labute approximate surface area is 128 Å². The zero-order valence-electron chi connectivity index (χ0n) is 13.2. The van der Waals surface area contributed by atoms with E-state index < -0.39 is 0 Å². The smallest absolute Gasteiger partial charge is 0.0767 e. The molecule has 2 unspecified atom stereocenters. The van der Waals surface area contributed by atoms with Crippen molar-refractivity contribution in [3.05, 3.63) is 46.1 Å². The second-order valence-electron chi connectivity index (χ2n) is 5.89. The second-order valence-corrected chi connectivity index (χ2v) is 6.32. The van der Waals surface area contributed by atoms with Crippen LogP contribution in [0.25, 0.3) is 0 Å². The summed E-state index contributed by atoms with van der Waals surface area (Å²) in [6, 6.07) is 6.66. The highest BCUT2D eigenvalue weighted by molar-refractivity contribution is 6.30. The molecule has 0 saturated carbocycles. The minimum atomic E-state index is 0.299. The summed E-state index contributed by atoms with van der Waals surface area (Å²) in [5.41, 5.74) is 4.14. The van der Waals surface area contributed by atoms with E-state index in [2.05, 4.69) is 63.2 Å². The molecule has 0 spiro atoms. The van der Waals surface area contributed by atoms with Crippen LogP contribution < -0.4 is 0 Å². The fourth-order valence-electron chi connectivity index (χ4n) is 3.20. The number of nitrogens with zero attached hydrogens (tertiary/aromatic N) is 2. The van der Waals surface area contributed by atoms with Gasteiger partial charge in [0.05, 0.1) is 6.04 Å². The zero-order chi connectivity index (χ0) is 14.9. The molecule has 1 aromatic rings. The largest absolute Gasteiger partial charge is 0.315 e. The third-order valence-electron chi connectivity index (χ3n) is 4.29. The molecular formula is C17H25ClN2. The summed E-state index contributed by atoms with van der Waals surface area (Å²) in [6.07, 6.45) is 4.61. The molecule has 2 nitrogen and oxygen atoms in total. The molecule has 0 N–H and O–H groups in total. The van der Waals surface area contributed by atoms with Crippen LogP contribution in [0.4, 0.5) is 0 Å². The molecule has 0 bridgehead atoms. The van der Waals surface area contributed by atoms with E-state index in [1.807, 2.05) is 6.07 Å². The van der Waals surface area contributed by atoms with Crippen LogP contribution in [0.5, 0.6) is 0 Å².